The quantitative estimate of drug-likeness (QED) is 0.413. The van der Waals surface area contributed by atoms with Crippen molar-refractivity contribution in [1.29, 1.82) is 0 Å². The molecular formula is C20H20F3N3O4. The van der Waals surface area contributed by atoms with Crippen molar-refractivity contribution in [2.75, 3.05) is 31.1 Å². The van der Waals surface area contributed by atoms with Gasteiger partial charge in [-0.1, -0.05) is 0 Å². The number of anilines is 1. The number of amides is 1. The van der Waals surface area contributed by atoms with E-state index in [1.165, 1.54) is 24.3 Å². The Balaban J connectivity index is 1.60. The number of hydrogen-bond donors (Lipinski definition) is 1. The fraction of sp³-hybridized carbons (Fsp3) is 0.350. The van der Waals surface area contributed by atoms with Crippen LogP contribution >= 0.6 is 0 Å². The van der Waals surface area contributed by atoms with Gasteiger partial charge in [0.05, 0.1) is 28.3 Å². The summed E-state index contributed by atoms with van der Waals surface area (Å²) in [6.07, 6.45) is -2.45. The van der Waals surface area contributed by atoms with E-state index in [-0.39, 0.29) is 30.2 Å². The molecule has 160 valence electrons. The summed E-state index contributed by atoms with van der Waals surface area (Å²) in [5.41, 5.74) is -0.104. The minimum Gasteiger partial charge on any atom is -0.492 e. The van der Waals surface area contributed by atoms with Crippen LogP contribution in [0.1, 0.15) is 28.8 Å². The van der Waals surface area contributed by atoms with Gasteiger partial charge in [-0.2, -0.15) is 13.2 Å². The van der Waals surface area contributed by atoms with Gasteiger partial charge in [0.25, 0.3) is 11.6 Å². The molecule has 0 saturated carbocycles. The van der Waals surface area contributed by atoms with Gasteiger partial charge in [-0.3, -0.25) is 14.9 Å². The zero-order valence-corrected chi connectivity index (χ0v) is 15.9. The number of benzene rings is 2. The number of halogens is 3. The lowest BCUT2D eigenvalue weighted by Gasteiger charge is -2.21. The summed E-state index contributed by atoms with van der Waals surface area (Å²) in [5, 5.41) is 13.7. The summed E-state index contributed by atoms with van der Waals surface area (Å²) in [5.74, 6) is -0.234. The Morgan fingerprint density at radius 1 is 1.13 bits per heavy atom. The molecule has 0 bridgehead atoms. The molecule has 0 atom stereocenters. The van der Waals surface area contributed by atoms with E-state index in [0.29, 0.717) is 5.69 Å². The zero-order valence-electron chi connectivity index (χ0n) is 15.9. The molecule has 1 amide bonds. The molecule has 1 fully saturated rings. The summed E-state index contributed by atoms with van der Waals surface area (Å²) in [7, 11) is 0. The third kappa shape index (κ3) is 5.19. The molecule has 2 aromatic rings. The van der Waals surface area contributed by atoms with Crippen LogP contribution in [-0.2, 0) is 6.18 Å². The topological polar surface area (TPSA) is 84.7 Å². The normalized spacial score (nSPS) is 13.9. The molecule has 0 radical (unpaired) electrons. The van der Waals surface area contributed by atoms with Gasteiger partial charge in [-0.15, -0.1) is 0 Å². The van der Waals surface area contributed by atoms with Gasteiger partial charge in [0, 0.05) is 25.2 Å². The Labute approximate surface area is 170 Å². The number of carbonyl (C=O) groups is 1. The largest absolute Gasteiger partial charge is 0.492 e. The molecule has 0 unspecified atom stereocenters. The van der Waals surface area contributed by atoms with E-state index in [9.17, 15) is 28.1 Å². The van der Waals surface area contributed by atoms with Gasteiger partial charge < -0.3 is 15.0 Å². The molecular weight excluding hydrogens is 403 g/mol. The predicted molar refractivity (Wildman–Crippen MR) is 104 cm³/mol. The summed E-state index contributed by atoms with van der Waals surface area (Å²) in [6, 6.07) is 8.45. The van der Waals surface area contributed by atoms with Crippen molar-refractivity contribution in [3.63, 3.8) is 0 Å². The smallest absolute Gasteiger partial charge is 0.416 e. The van der Waals surface area contributed by atoms with Crippen molar-refractivity contribution in [3.8, 4) is 5.75 Å². The van der Waals surface area contributed by atoms with Crippen molar-refractivity contribution in [1.82, 2.24) is 5.32 Å². The second-order valence-electron chi connectivity index (χ2n) is 6.78. The summed E-state index contributed by atoms with van der Waals surface area (Å²) < 4.78 is 43.0. The van der Waals surface area contributed by atoms with E-state index in [1.54, 1.807) is 6.07 Å². The first-order chi connectivity index (χ1) is 14.3. The van der Waals surface area contributed by atoms with Gasteiger partial charge in [0.15, 0.2) is 0 Å². The minimum absolute atomic E-state index is 0.0328. The number of hydrogen-bond acceptors (Lipinski definition) is 5. The molecule has 1 N–H and O–H groups in total. The molecule has 1 saturated heterocycles. The summed E-state index contributed by atoms with van der Waals surface area (Å²) in [6.45, 7) is 1.66. The molecule has 3 rings (SSSR count). The van der Waals surface area contributed by atoms with Crippen molar-refractivity contribution in [2.45, 2.75) is 19.0 Å². The lowest BCUT2D eigenvalue weighted by atomic mass is 10.1. The second-order valence-corrected chi connectivity index (χ2v) is 6.78. The van der Waals surface area contributed by atoms with Crippen LogP contribution in [-0.4, -0.2) is 37.1 Å². The lowest BCUT2D eigenvalue weighted by Crippen LogP contribution is -2.30. The maximum atomic E-state index is 12.6. The monoisotopic (exact) mass is 423 g/mol. The standard InChI is InChI=1S/C20H20F3N3O4/c21-20(22,23)14-3-6-16(7-4-14)30-12-9-24-19(27)17-13-15(26(28)29)5-8-18(17)25-10-1-2-11-25/h3-8,13H,1-2,9-12H2,(H,24,27). The molecule has 0 spiro atoms. The number of carbonyl (C=O) groups excluding carboxylic acids is 1. The van der Waals surface area contributed by atoms with E-state index < -0.39 is 22.6 Å². The van der Waals surface area contributed by atoms with Crippen LogP contribution < -0.4 is 15.0 Å². The summed E-state index contributed by atoms with van der Waals surface area (Å²) >= 11 is 0. The maximum absolute atomic E-state index is 12.6. The van der Waals surface area contributed by atoms with Crippen molar-refractivity contribution < 1.29 is 27.6 Å². The highest BCUT2D eigenvalue weighted by atomic mass is 19.4. The van der Waals surface area contributed by atoms with Crippen LogP contribution in [0.2, 0.25) is 0 Å². The average molecular weight is 423 g/mol. The Morgan fingerprint density at radius 2 is 1.80 bits per heavy atom. The molecule has 2 aromatic carbocycles. The summed E-state index contributed by atoms with van der Waals surface area (Å²) in [4.78, 5) is 25.2. The van der Waals surface area contributed by atoms with Crippen molar-refractivity contribution in [2.24, 2.45) is 0 Å². The fourth-order valence-electron chi connectivity index (χ4n) is 3.22. The number of alkyl halides is 3. The Morgan fingerprint density at radius 3 is 2.40 bits per heavy atom. The number of nitro groups is 1. The van der Waals surface area contributed by atoms with Gasteiger partial charge in [0.1, 0.15) is 12.4 Å². The predicted octanol–water partition coefficient (Wildman–Crippen LogP) is 4.02. The second kappa shape index (κ2) is 9.02. The Bertz CT molecular complexity index is 911. The first kappa shape index (κ1) is 21.4. The zero-order chi connectivity index (χ0) is 21.7. The third-order valence-corrected chi connectivity index (χ3v) is 4.72. The molecule has 0 aliphatic carbocycles. The minimum atomic E-state index is -4.42. The number of nitrogens with one attached hydrogen (secondary N) is 1. The van der Waals surface area contributed by atoms with Gasteiger partial charge in [-0.05, 0) is 43.2 Å². The van der Waals surface area contributed by atoms with Crippen LogP contribution in [0.4, 0.5) is 24.5 Å². The van der Waals surface area contributed by atoms with Crippen LogP contribution in [0.3, 0.4) is 0 Å². The molecule has 10 heteroatoms. The molecule has 1 aliphatic heterocycles. The molecule has 1 aliphatic rings. The number of ether oxygens (including phenoxy) is 1. The molecule has 30 heavy (non-hydrogen) atoms. The van der Waals surface area contributed by atoms with Gasteiger partial charge >= 0.3 is 6.18 Å². The van der Waals surface area contributed by atoms with E-state index in [4.69, 9.17) is 4.74 Å². The number of non-ortho nitro benzene ring substituents is 1. The number of nitrogens with zero attached hydrogens (tertiary/aromatic N) is 2. The number of nitro benzene ring substituents is 1. The Hall–Kier alpha value is -3.30. The number of rotatable bonds is 7. The van der Waals surface area contributed by atoms with Crippen LogP contribution in [0.5, 0.6) is 5.75 Å². The van der Waals surface area contributed by atoms with Crippen molar-refractivity contribution >= 4 is 17.3 Å². The van der Waals surface area contributed by atoms with E-state index in [0.717, 1.165) is 38.1 Å². The van der Waals surface area contributed by atoms with Gasteiger partial charge in [-0.25, -0.2) is 0 Å². The van der Waals surface area contributed by atoms with Crippen molar-refractivity contribution in [3.05, 3.63) is 63.7 Å². The van der Waals surface area contributed by atoms with Crippen LogP contribution in [0.25, 0.3) is 0 Å². The fourth-order valence-corrected chi connectivity index (χ4v) is 3.22. The first-order valence-electron chi connectivity index (χ1n) is 9.37. The van der Waals surface area contributed by atoms with E-state index >= 15 is 0 Å². The highest BCUT2D eigenvalue weighted by molar-refractivity contribution is 6.00. The molecule has 0 aromatic heterocycles. The van der Waals surface area contributed by atoms with Crippen LogP contribution in [0, 0.1) is 10.1 Å². The maximum Gasteiger partial charge on any atom is 0.416 e. The highest BCUT2D eigenvalue weighted by Crippen LogP contribution is 2.30. The highest BCUT2D eigenvalue weighted by Gasteiger charge is 2.30. The molecule has 7 nitrogen and oxygen atoms in total. The SMILES string of the molecule is O=C(NCCOc1ccc(C(F)(F)F)cc1)c1cc([N+](=O)[O-])ccc1N1CCCC1. The first-order valence-corrected chi connectivity index (χ1v) is 9.37. The lowest BCUT2D eigenvalue weighted by molar-refractivity contribution is -0.384. The van der Waals surface area contributed by atoms with E-state index in [1.807, 2.05) is 4.90 Å². The molecule has 1 heterocycles. The Kier molecular flexibility index (Phi) is 6.43. The van der Waals surface area contributed by atoms with E-state index in [2.05, 4.69) is 5.32 Å². The van der Waals surface area contributed by atoms with Gasteiger partial charge in [0.2, 0.25) is 0 Å². The van der Waals surface area contributed by atoms with Crippen LogP contribution in [0.15, 0.2) is 42.5 Å². The average Bonchev–Trinajstić information content (AvgIpc) is 3.25. The third-order valence-electron chi connectivity index (χ3n) is 4.72.